The fraction of sp³-hybridized carbons (Fsp3) is 0.400. The third-order valence-corrected chi connectivity index (χ3v) is 4.73. The number of ether oxygens (including phenoxy) is 2. The summed E-state index contributed by atoms with van der Waals surface area (Å²) in [6.45, 7) is 4.94. The summed E-state index contributed by atoms with van der Waals surface area (Å²) in [5, 5.41) is 0.521. The van der Waals surface area contributed by atoms with Gasteiger partial charge in [0.15, 0.2) is 11.5 Å². The van der Waals surface area contributed by atoms with Crippen molar-refractivity contribution in [2.24, 2.45) is 20.0 Å². The number of hydrogen-bond acceptors (Lipinski definition) is 4. The van der Waals surface area contributed by atoms with Crippen LogP contribution in [-0.2, 0) is 20.6 Å². The molecule has 0 saturated carbocycles. The fourth-order valence-electron chi connectivity index (χ4n) is 3.42. The summed E-state index contributed by atoms with van der Waals surface area (Å²) >= 11 is 0. The molecule has 0 aliphatic heterocycles. The molecule has 144 valence electrons. The van der Waals surface area contributed by atoms with Gasteiger partial charge in [0, 0.05) is 32.4 Å². The van der Waals surface area contributed by atoms with Crippen LogP contribution >= 0.6 is 0 Å². The van der Waals surface area contributed by atoms with E-state index in [0.29, 0.717) is 28.3 Å². The number of rotatable bonds is 5. The fourth-order valence-corrected chi connectivity index (χ4v) is 3.42. The highest BCUT2D eigenvalue weighted by Crippen LogP contribution is 2.35. The summed E-state index contributed by atoms with van der Waals surface area (Å²) in [4.78, 5) is 25.3. The van der Waals surface area contributed by atoms with E-state index in [4.69, 9.17) is 9.47 Å². The molecule has 0 aliphatic rings. The van der Waals surface area contributed by atoms with Crippen LogP contribution in [0.5, 0.6) is 11.5 Å². The minimum absolute atomic E-state index is 0.305. The second kappa shape index (κ2) is 6.98. The minimum atomic E-state index is -0.340. The van der Waals surface area contributed by atoms with Gasteiger partial charge in [0.25, 0.3) is 5.56 Å². The summed E-state index contributed by atoms with van der Waals surface area (Å²) in [5.74, 6) is 1.57. The van der Waals surface area contributed by atoms with Crippen molar-refractivity contribution in [1.29, 1.82) is 0 Å². The Morgan fingerprint density at radius 2 is 1.67 bits per heavy atom. The number of fused-ring (bicyclic) bond motifs is 1. The zero-order valence-corrected chi connectivity index (χ0v) is 16.6. The Labute approximate surface area is 157 Å². The molecule has 0 amide bonds. The molecule has 0 atom stereocenters. The van der Waals surface area contributed by atoms with E-state index in [9.17, 15) is 9.59 Å². The summed E-state index contributed by atoms with van der Waals surface area (Å²) < 4.78 is 15.5. The number of methoxy groups -OCH3 is 2. The summed E-state index contributed by atoms with van der Waals surface area (Å²) in [7, 11) is 6.35. The summed E-state index contributed by atoms with van der Waals surface area (Å²) in [6.07, 6.45) is 1.88. The van der Waals surface area contributed by atoms with E-state index in [1.54, 1.807) is 21.3 Å². The van der Waals surface area contributed by atoms with E-state index in [2.05, 4.69) is 13.8 Å². The molecule has 1 aromatic carbocycles. The van der Waals surface area contributed by atoms with Gasteiger partial charge in [-0.15, -0.1) is 0 Å². The third-order valence-electron chi connectivity index (χ3n) is 4.73. The van der Waals surface area contributed by atoms with Gasteiger partial charge in [-0.3, -0.25) is 13.9 Å². The van der Waals surface area contributed by atoms with Crippen LogP contribution in [0.1, 0.15) is 13.8 Å². The van der Waals surface area contributed by atoms with E-state index in [0.717, 1.165) is 22.4 Å². The van der Waals surface area contributed by atoms with Crippen LogP contribution in [0, 0.1) is 5.92 Å². The Morgan fingerprint density at radius 3 is 2.26 bits per heavy atom. The molecule has 0 radical (unpaired) electrons. The lowest BCUT2D eigenvalue weighted by Crippen LogP contribution is -2.36. The maximum absolute atomic E-state index is 13.0. The molecule has 3 aromatic rings. The topological polar surface area (TPSA) is 67.4 Å². The molecule has 27 heavy (non-hydrogen) atoms. The number of aromatic nitrogens is 3. The molecule has 0 bridgehead atoms. The van der Waals surface area contributed by atoms with E-state index in [-0.39, 0.29) is 11.2 Å². The minimum Gasteiger partial charge on any atom is -0.493 e. The summed E-state index contributed by atoms with van der Waals surface area (Å²) in [6, 6.07) is 5.58. The Balaban J connectivity index is 2.43. The highest BCUT2D eigenvalue weighted by molar-refractivity contribution is 5.94. The van der Waals surface area contributed by atoms with E-state index < -0.39 is 0 Å². The van der Waals surface area contributed by atoms with Crippen molar-refractivity contribution < 1.29 is 9.47 Å². The van der Waals surface area contributed by atoms with Gasteiger partial charge in [-0.2, -0.15) is 0 Å². The average molecular weight is 371 g/mol. The maximum atomic E-state index is 13.0. The quantitative estimate of drug-likeness (QED) is 0.691. The van der Waals surface area contributed by atoms with Gasteiger partial charge in [0.1, 0.15) is 0 Å². The van der Waals surface area contributed by atoms with Gasteiger partial charge in [-0.25, -0.2) is 4.79 Å². The first-order valence-corrected chi connectivity index (χ1v) is 8.81. The lowest BCUT2D eigenvalue weighted by atomic mass is 10.1. The van der Waals surface area contributed by atoms with Gasteiger partial charge in [-0.05, 0) is 24.1 Å². The van der Waals surface area contributed by atoms with Crippen LogP contribution in [0.3, 0.4) is 0 Å². The first-order chi connectivity index (χ1) is 12.8. The molecule has 2 aromatic heterocycles. The highest BCUT2D eigenvalue weighted by Gasteiger charge is 2.20. The lowest BCUT2D eigenvalue weighted by molar-refractivity contribution is 0.355. The van der Waals surface area contributed by atoms with E-state index in [1.165, 1.54) is 11.6 Å². The van der Waals surface area contributed by atoms with Gasteiger partial charge in [0.05, 0.1) is 30.8 Å². The Bertz CT molecular complexity index is 1120. The van der Waals surface area contributed by atoms with Crippen molar-refractivity contribution in [3.63, 3.8) is 0 Å². The molecular weight excluding hydrogens is 346 g/mol. The molecule has 3 rings (SSSR count). The van der Waals surface area contributed by atoms with Crippen molar-refractivity contribution in [1.82, 2.24) is 13.7 Å². The average Bonchev–Trinajstić information content (AvgIpc) is 3.02. The molecule has 0 saturated heterocycles. The molecule has 0 unspecified atom stereocenters. The highest BCUT2D eigenvalue weighted by atomic mass is 16.5. The number of nitrogens with zero attached hydrogens (tertiary/aromatic N) is 3. The molecule has 0 aliphatic carbocycles. The second-order valence-electron chi connectivity index (χ2n) is 7.06. The van der Waals surface area contributed by atoms with E-state index >= 15 is 0 Å². The van der Waals surface area contributed by atoms with Gasteiger partial charge in [0.2, 0.25) is 0 Å². The molecule has 7 heteroatoms. The zero-order valence-electron chi connectivity index (χ0n) is 16.6. The van der Waals surface area contributed by atoms with Crippen molar-refractivity contribution in [3.8, 4) is 22.8 Å². The number of hydrogen-bond donors (Lipinski definition) is 0. The number of benzene rings is 1. The monoisotopic (exact) mass is 371 g/mol. The van der Waals surface area contributed by atoms with Crippen molar-refractivity contribution in [2.45, 2.75) is 20.4 Å². The predicted molar refractivity (Wildman–Crippen MR) is 106 cm³/mol. The Morgan fingerprint density at radius 1 is 1.00 bits per heavy atom. The predicted octanol–water partition coefficient (Wildman–Crippen LogP) is 2.38. The largest absolute Gasteiger partial charge is 0.493 e. The number of aryl methyl sites for hydroxylation is 1. The van der Waals surface area contributed by atoms with Crippen molar-refractivity contribution in [3.05, 3.63) is 45.2 Å². The SMILES string of the molecule is COc1ccc(-c2c3c(=O)n(C)c(=O)n(C)c3cn2CC(C)C)cc1OC. The van der Waals surface area contributed by atoms with Crippen LogP contribution in [0.25, 0.3) is 22.2 Å². The zero-order chi connectivity index (χ0) is 19.9. The molecule has 0 spiro atoms. The lowest BCUT2D eigenvalue weighted by Gasteiger charge is -2.14. The molecular formula is C20H25N3O4. The third kappa shape index (κ3) is 3.03. The molecule has 2 heterocycles. The Kier molecular flexibility index (Phi) is 4.87. The standard InChI is InChI=1S/C20H25N3O4/c1-12(2)10-23-11-14-17(19(24)22(4)20(25)21(14)3)18(23)13-7-8-15(26-5)16(9-13)27-6/h7-9,11-12H,10H2,1-6H3. The van der Waals surface area contributed by atoms with Crippen LogP contribution in [0.15, 0.2) is 34.0 Å². The van der Waals surface area contributed by atoms with Crippen molar-refractivity contribution in [2.75, 3.05) is 14.2 Å². The normalized spacial score (nSPS) is 11.4. The van der Waals surface area contributed by atoms with Crippen LogP contribution in [-0.4, -0.2) is 27.9 Å². The van der Waals surface area contributed by atoms with Crippen LogP contribution < -0.4 is 20.7 Å². The second-order valence-corrected chi connectivity index (χ2v) is 7.06. The molecule has 0 N–H and O–H groups in total. The summed E-state index contributed by atoms with van der Waals surface area (Å²) in [5.41, 5.74) is 1.58. The maximum Gasteiger partial charge on any atom is 0.330 e. The molecule has 7 nitrogen and oxygen atoms in total. The smallest absolute Gasteiger partial charge is 0.330 e. The van der Waals surface area contributed by atoms with Crippen LogP contribution in [0.4, 0.5) is 0 Å². The van der Waals surface area contributed by atoms with Gasteiger partial charge >= 0.3 is 5.69 Å². The van der Waals surface area contributed by atoms with Gasteiger partial charge < -0.3 is 14.0 Å². The van der Waals surface area contributed by atoms with Crippen LogP contribution in [0.2, 0.25) is 0 Å². The first-order valence-electron chi connectivity index (χ1n) is 8.81. The molecule has 0 fully saturated rings. The van der Waals surface area contributed by atoms with E-state index in [1.807, 2.05) is 29.0 Å². The first kappa shape index (κ1) is 18.8. The van der Waals surface area contributed by atoms with Gasteiger partial charge in [-0.1, -0.05) is 13.8 Å². The Hall–Kier alpha value is -2.96. The van der Waals surface area contributed by atoms with Crippen molar-refractivity contribution >= 4 is 10.9 Å².